The predicted molar refractivity (Wildman–Crippen MR) is 77.3 cm³/mol. The fraction of sp³-hybridized carbons (Fsp3) is 0.294. The van der Waals surface area contributed by atoms with E-state index in [9.17, 15) is 8.78 Å². The van der Waals surface area contributed by atoms with Gasteiger partial charge >= 0.3 is 0 Å². The predicted octanol–water partition coefficient (Wildman–Crippen LogP) is 4.60. The monoisotopic (exact) mass is 275 g/mol. The maximum Gasteiger partial charge on any atom is 0.127 e. The molecule has 2 aromatic carbocycles. The molecule has 0 heterocycles. The molecule has 0 aliphatic carbocycles. The van der Waals surface area contributed by atoms with Gasteiger partial charge in [0, 0.05) is 18.2 Å². The molecule has 0 saturated carbocycles. The minimum absolute atomic E-state index is 0.156. The van der Waals surface area contributed by atoms with Crippen LogP contribution in [0.5, 0.6) is 0 Å². The number of hydrogen-bond donors (Lipinski definition) is 1. The van der Waals surface area contributed by atoms with E-state index in [1.807, 2.05) is 18.2 Å². The Morgan fingerprint density at radius 2 is 1.80 bits per heavy atom. The lowest BCUT2D eigenvalue weighted by Gasteiger charge is -2.19. The van der Waals surface area contributed by atoms with Crippen LogP contribution in [-0.2, 0) is 6.54 Å². The van der Waals surface area contributed by atoms with Crippen molar-refractivity contribution in [3.05, 3.63) is 71.3 Å². The second kappa shape index (κ2) is 7.15. The zero-order valence-electron chi connectivity index (χ0n) is 11.6. The van der Waals surface area contributed by atoms with Gasteiger partial charge in [-0.25, -0.2) is 8.78 Å². The Morgan fingerprint density at radius 3 is 2.50 bits per heavy atom. The highest BCUT2D eigenvalue weighted by atomic mass is 19.1. The van der Waals surface area contributed by atoms with E-state index in [-0.39, 0.29) is 11.9 Å². The summed E-state index contributed by atoms with van der Waals surface area (Å²) < 4.78 is 26.7. The van der Waals surface area contributed by atoms with Crippen LogP contribution in [0.25, 0.3) is 0 Å². The average Bonchev–Trinajstić information content (AvgIpc) is 2.47. The Hall–Kier alpha value is -1.74. The summed E-state index contributed by atoms with van der Waals surface area (Å²) in [6.45, 7) is 2.43. The van der Waals surface area contributed by atoms with Gasteiger partial charge in [-0.15, -0.1) is 0 Å². The van der Waals surface area contributed by atoms with Gasteiger partial charge < -0.3 is 5.32 Å². The molecule has 106 valence electrons. The van der Waals surface area contributed by atoms with Crippen LogP contribution in [-0.4, -0.2) is 0 Å². The van der Waals surface area contributed by atoms with Crippen molar-refractivity contribution in [2.45, 2.75) is 32.4 Å². The van der Waals surface area contributed by atoms with Gasteiger partial charge in [0.1, 0.15) is 11.6 Å². The lowest BCUT2D eigenvalue weighted by atomic mass is 10.0. The summed E-state index contributed by atoms with van der Waals surface area (Å²) in [5.41, 5.74) is 1.54. The molecular weight excluding hydrogens is 256 g/mol. The van der Waals surface area contributed by atoms with Gasteiger partial charge in [-0.2, -0.15) is 0 Å². The number of hydrogen-bond acceptors (Lipinski definition) is 1. The Balaban J connectivity index is 2.07. The molecule has 1 unspecified atom stereocenters. The molecule has 3 heteroatoms. The summed E-state index contributed by atoms with van der Waals surface area (Å²) >= 11 is 0. The van der Waals surface area contributed by atoms with Crippen LogP contribution in [0.1, 0.15) is 36.9 Å². The van der Waals surface area contributed by atoms with Crippen molar-refractivity contribution in [3.63, 3.8) is 0 Å². The number of benzene rings is 2. The van der Waals surface area contributed by atoms with Gasteiger partial charge in [-0.3, -0.25) is 0 Å². The van der Waals surface area contributed by atoms with Gasteiger partial charge in [0.05, 0.1) is 0 Å². The first-order valence-corrected chi connectivity index (χ1v) is 6.93. The molecular formula is C17H19F2N. The number of nitrogens with one attached hydrogen (secondary N) is 1. The first-order chi connectivity index (χ1) is 9.70. The van der Waals surface area contributed by atoms with Crippen molar-refractivity contribution >= 4 is 0 Å². The lowest BCUT2D eigenvalue weighted by molar-refractivity contribution is 0.481. The average molecular weight is 275 g/mol. The van der Waals surface area contributed by atoms with Crippen molar-refractivity contribution in [2.75, 3.05) is 0 Å². The third kappa shape index (κ3) is 3.87. The Kier molecular flexibility index (Phi) is 5.24. The van der Waals surface area contributed by atoms with Crippen LogP contribution in [0.4, 0.5) is 8.78 Å². The van der Waals surface area contributed by atoms with Gasteiger partial charge in [0.15, 0.2) is 0 Å². The Morgan fingerprint density at radius 1 is 1.05 bits per heavy atom. The minimum atomic E-state index is -0.407. The van der Waals surface area contributed by atoms with E-state index < -0.39 is 5.82 Å². The summed E-state index contributed by atoms with van der Waals surface area (Å²) in [6.07, 6.45) is 1.99. The summed E-state index contributed by atoms with van der Waals surface area (Å²) in [4.78, 5) is 0. The first-order valence-electron chi connectivity index (χ1n) is 6.93. The molecule has 0 aromatic heterocycles. The maximum absolute atomic E-state index is 13.6. The Labute approximate surface area is 118 Å². The lowest BCUT2D eigenvalue weighted by Crippen LogP contribution is -2.21. The van der Waals surface area contributed by atoms with Crippen LogP contribution < -0.4 is 5.32 Å². The highest BCUT2D eigenvalue weighted by Gasteiger charge is 2.11. The molecule has 1 atom stereocenters. The molecule has 0 amide bonds. The van der Waals surface area contributed by atoms with Crippen LogP contribution in [0, 0.1) is 11.6 Å². The van der Waals surface area contributed by atoms with Crippen molar-refractivity contribution < 1.29 is 8.78 Å². The van der Waals surface area contributed by atoms with E-state index in [4.69, 9.17) is 0 Å². The fourth-order valence-electron chi connectivity index (χ4n) is 2.27. The molecule has 0 fully saturated rings. The van der Waals surface area contributed by atoms with Crippen molar-refractivity contribution in [3.8, 4) is 0 Å². The topological polar surface area (TPSA) is 12.0 Å². The van der Waals surface area contributed by atoms with Crippen LogP contribution in [0.2, 0.25) is 0 Å². The summed E-state index contributed by atoms with van der Waals surface area (Å²) in [6, 6.07) is 13.8. The first kappa shape index (κ1) is 14.7. The summed E-state index contributed by atoms with van der Waals surface area (Å²) in [5, 5.41) is 3.31. The molecule has 2 rings (SSSR count). The van der Waals surface area contributed by atoms with Gasteiger partial charge in [0.2, 0.25) is 0 Å². The van der Waals surface area contributed by atoms with E-state index in [0.29, 0.717) is 12.1 Å². The molecule has 0 saturated heterocycles. The van der Waals surface area contributed by atoms with E-state index in [0.717, 1.165) is 18.9 Å². The highest BCUT2D eigenvalue weighted by Crippen LogP contribution is 2.19. The maximum atomic E-state index is 13.6. The molecule has 1 N–H and O–H groups in total. The molecule has 0 radical (unpaired) electrons. The van der Waals surface area contributed by atoms with Crippen molar-refractivity contribution in [1.82, 2.24) is 5.32 Å². The van der Waals surface area contributed by atoms with Crippen molar-refractivity contribution in [1.29, 1.82) is 0 Å². The minimum Gasteiger partial charge on any atom is -0.306 e. The fourth-order valence-corrected chi connectivity index (χ4v) is 2.27. The van der Waals surface area contributed by atoms with Crippen LogP contribution in [0.3, 0.4) is 0 Å². The SMILES string of the molecule is CCCC(NCc1cc(F)ccc1F)c1ccccc1. The van der Waals surface area contributed by atoms with Crippen LogP contribution in [0.15, 0.2) is 48.5 Å². The molecule has 20 heavy (non-hydrogen) atoms. The largest absolute Gasteiger partial charge is 0.306 e. The van der Waals surface area contributed by atoms with E-state index in [1.165, 1.54) is 17.7 Å². The third-order valence-electron chi connectivity index (χ3n) is 3.33. The van der Waals surface area contributed by atoms with Gasteiger partial charge in [0.25, 0.3) is 0 Å². The van der Waals surface area contributed by atoms with E-state index >= 15 is 0 Å². The van der Waals surface area contributed by atoms with E-state index in [2.05, 4.69) is 24.4 Å². The normalized spacial score (nSPS) is 12.3. The zero-order chi connectivity index (χ0) is 14.4. The molecule has 0 spiro atoms. The Bertz CT molecular complexity index is 540. The number of halogens is 2. The standard InChI is InChI=1S/C17H19F2N/c1-2-6-17(13-7-4-3-5-8-13)20-12-14-11-15(18)9-10-16(14)19/h3-5,7-11,17,20H,2,6,12H2,1H3. The second-order valence-corrected chi connectivity index (χ2v) is 4.87. The quantitative estimate of drug-likeness (QED) is 0.812. The number of rotatable bonds is 6. The molecule has 1 nitrogen and oxygen atoms in total. The second-order valence-electron chi connectivity index (χ2n) is 4.87. The molecule has 0 aliphatic rings. The van der Waals surface area contributed by atoms with Crippen molar-refractivity contribution in [2.24, 2.45) is 0 Å². The van der Waals surface area contributed by atoms with Gasteiger partial charge in [-0.1, -0.05) is 43.7 Å². The highest BCUT2D eigenvalue weighted by molar-refractivity contribution is 5.21. The summed E-state index contributed by atoms with van der Waals surface area (Å²) in [5.74, 6) is -0.780. The zero-order valence-corrected chi connectivity index (χ0v) is 11.6. The summed E-state index contributed by atoms with van der Waals surface area (Å²) in [7, 11) is 0. The van der Waals surface area contributed by atoms with Crippen LogP contribution >= 0.6 is 0 Å². The molecule has 0 bridgehead atoms. The van der Waals surface area contributed by atoms with Gasteiger partial charge in [-0.05, 0) is 30.2 Å². The third-order valence-corrected chi connectivity index (χ3v) is 3.33. The smallest absolute Gasteiger partial charge is 0.127 e. The van der Waals surface area contributed by atoms with E-state index in [1.54, 1.807) is 0 Å². The molecule has 2 aromatic rings. The molecule has 0 aliphatic heterocycles.